The molecular formula is C28H31ClFN5O2S. The number of aromatic nitrogens is 2. The van der Waals surface area contributed by atoms with Gasteiger partial charge in [0.05, 0.1) is 11.4 Å². The van der Waals surface area contributed by atoms with Crippen molar-refractivity contribution in [2.24, 2.45) is 0 Å². The molecular weight excluding hydrogens is 525 g/mol. The first kappa shape index (κ1) is 27.9. The first-order valence-corrected chi connectivity index (χ1v) is 13.8. The molecule has 3 aromatic rings. The lowest BCUT2D eigenvalue weighted by Crippen LogP contribution is -2.54. The maximum atomic E-state index is 13.8. The zero-order valence-electron chi connectivity index (χ0n) is 21.9. The van der Waals surface area contributed by atoms with E-state index in [0.717, 1.165) is 11.8 Å². The summed E-state index contributed by atoms with van der Waals surface area (Å²) < 4.78 is 13.8. The Kier molecular flexibility index (Phi) is 8.57. The normalized spacial score (nSPS) is 15.9. The molecule has 1 aromatic heterocycles. The van der Waals surface area contributed by atoms with Crippen molar-refractivity contribution in [3.63, 3.8) is 0 Å². The third-order valence-electron chi connectivity index (χ3n) is 6.35. The van der Waals surface area contributed by atoms with Gasteiger partial charge in [0, 0.05) is 37.3 Å². The molecule has 38 heavy (non-hydrogen) atoms. The molecule has 1 aliphatic heterocycles. The molecule has 0 bridgehead atoms. The van der Waals surface area contributed by atoms with E-state index in [4.69, 9.17) is 11.6 Å². The molecule has 2 amide bonds. The van der Waals surface area contributed by atoms with E-state index < -0.39 is 5.82 Å². The lowest BCUT2D eigenvalue weighted by Gasteiger charge is -2.40. The summed E-state index contributed by atoms with van der Waals surface area (Å²) in [6, 6.07) is 15.5. The fourth-order valence-corrected chi connectivity index (χ4v) is 5.12. The van der Waals surface area contributed by atoms with Gasteiger partial charge in [0.2, 0.25) is 5.91 Å². The number of anilines is 2. The maximum Gasteiger partial charge on any atom is 0.254 e. The molecule has 2 heterocycles. The molecule has 1 aliphatic rings. The summed E-state index contributed by atoms with van der Waals surface area (Å²) in [6.07, 6.45) is 0. The summed E-state index contributed by atoms with van der Waals surface area (Å²) in [5.41, 5.74) is 2.01. The van der Waals surface area contributed by atoms with Crippen LogP contribution in [0.3, 0.4) is 0 Å². The van der Waals surface area contributed by atoms with E-state index in [0.29, 0.717) is 36.2 Å². The summed E-state index contributed by atoms with van der Waals surface area (Å²) >= 11 is 7.39. The van der Waals surface area contributed by atoms with Crippen molar-refractivity contribution in [1.82, 2.24) is 14.9 Å². The third kappa shape index (κ3) is 6.82. The Morgan fingerprint density at radius 3 is 2.47 bits per heavy atom. The molecule has 10 heteroatoms. The highest BCUT2D eigenvalue weighted by molar-refractivity contribution is 7.99. The van der Waals surface area contributed by atoms with Gasteiger partial charge in [-0.05, 0) is 42.2 Å². The van der Waals surface area contributed by atoms with Gasteiger partial charge in [0.25, 0.3) is 5.91 Å². The molecule has 1 fully saturated rings. The Bertz CT molecular complexity index is 1320. The van der Waals surface area contributed by atoms with E-state index in [1.807, 2.05) is 36.1 Å². The quantitative estimate of drug-likeness (QED) is 0.241. The van der Waals surface area contributed by atoms with E-state index in [1.165, 1.54) is 17.7 Å². The third-order valence-corrected chi connectivity index (χ3v) is 7.39. The second-order valence-electron chi connectivity index (χ2n) is 10.3. The predicted octanol–water partition coefficient (Wildman–Crippen LogP) is 5.65. The van der Waals surface area contributed by atoms with Crippen LogP contribution in [-0.4, -0.2) is 58.1 Å². The van der Waals surface area contributed by atoms with Gasteiger partial charge in [-0.1, -0.05) is 68.4 Å². The number of halogens is 2. The highest BCUT2D eigenvalue weighted by atomic mass is 35.5. The molecule has 0 radical (unpaired) electrons. The number of para-hydroxylation sites is 1. The van der Waals surface area contributed by atoms with Gasteiger partial charge in [0.15, 0.2) is 5.16 Å². The van der Waals surface area contributed by atoms with Crippen LogP contribution in [0.1, 0.15) is 43.6 Å². The average Bonchev–Trinajstić information content (AvgIpc) is 2.87. The van der Waals surface area contributed by atoms with Crippen LogP contribution in [0.25, 0.3) is 0 Å². The molecule has 0 aliphatic carbocycles. The molecule has 1 unspecified atom stereocenters. The highest BCUT2D eigenvalue weighted by Crippen LogP contribution is 2.26. The van der Waals surface area contributed by atoms with Gasteiger partial charge < -0.3 is 15.1 Å². The Morgan fingerprint density at radius 1 is 1.11 bits per heavy atom. The number of benzene rings is 2. The van der Waals surface area contributed by atoms with Crippen molar-refractivity contribution in [3.8, 4) is 0 Å². The van der Waals surface area contributed by atoms with Crippen molar-refractivity contribution >= 4 is 46.7 Å². The van der Waals surface area contributed by atoms with Crippen molar-refractivity contribution in [1.29, 1.82) is 0 Å². The molecule has 1 saturated heterocycles. The molecule has 2 aromatic carbocycles. The van der Waals surface area contributed by atoms with Gasteiger partial charge in [-0.2, -0.15) is 0 Å². The number of thioether (sulfide) groups is 1. The smallest absolute Gasteiger partial charge is 0.254 e. The minimum atomic E-state index is -0.499. The van der Waals surface area contributed by atoms with Crippen molar-refractivity contribution in [2.75, 3.05) is 35.6 Å². The lowest BCUT2D eigenvalue weighted by atomic mass is 9.86. The number of nitrogens with zero attached hydrogens (tertiary/aromatic N) is 4. The Balaban J connectivity index is 1.37. The zero-order chi connectivity index (χ0) is 27.4. The van der Waals surface area contributed by atoms with Crippen LogP contribution < -0.4 is 10.2 Å². The maximum absolute atomic E-state index is 13.8. The van der Waals surface area contributed by atoms with Crippen LogP contribution >= 0.6 is 23.4 Å². The Hall–Kier alpha value is -3.17. The van der Waals surface area contributed by atoms with Crippen molar-refractivity contribution in [2.45, 2.75) is 44.3 Å². The first-order chi connectivity index (χ1) is 18.0. The largest absolute Gasteiger partial charge is 0.353 e. The molecule has 7 nitrogen and oxygen atoms in total. The molecule has 0 saturated carbocycles. The van der Waals surface area contributed by atoms with Gasteiger partial charge in [-0.3, -0.25) is 9.59 Å². The number of carbonyl (C=O) groups excluding carboxylic acids is 2. The van der Waals surface area contributed by atoms with Crippen LogP contribution in [0.5, 0.6) is 0 Å². The second-order valence-corrected chi connectivity index (χ2v) is 11.6. The second kappa shape index (κ2) is 11.7. The molecule has 1 atom stereocenters. The van der Waals surface area contributed by atoms with Crippen LogP contribution in [0, 0.1) is 5.82 Å². The molecule has 200 valence electrons. The van der Waals surface area contributed by atoms with Gasteiger partial charge in [-0.15, -0.1) is 0 Å². The fourth-order valence-electron chi connectivity index (χ4n) is 4.24. The standard InChI is InChI=1S/C28H31ClFN5O2S/c1-18-16-34(13-14-35(18)26(37)19-9-11-20(12-10-19)28(2,3)4)24-15-23(29)32-27(33-24)38-17-25(36)31-22-8-6-5-7-21(22)30/h5-12,15,18H,13-14,16-17H2,1-4H3,(H,31,36). The summed E-state index contributed by atoms with van der Waals surface area (Å²) in [4.78, 5) is 38.3. The lowest BCUT2D eigenvalue weighted by molar-refractivity contribution is -0.113. The van der Waals surface area contributed by atoms with E-state index >= 15 is 0 Å². The van der Waals surface area contributed by atoms with Crippen LogP contribution in [0.15, 0.2) is 59.8 Å². The van der Waals surface area contributed by atoms with Crippen LogP contribution in [-0.2, 0) is 10.2 Å². The number of nitrogens with one attached hydrogen (secondary N) is 1. The van der Waals surface area contributed by atoms with E-state index in [-0.39, 0.29) is 39.9 Å². The van der Waals surface area contributed by atoms with Gasteiger partial charge in [-0.25, -0.2) is 14.4 Å². The monoisotopic (exact) mass is 555 g/mol. The Morgan fingerprint density at radius 2 is 1.82 bits per heavy atom. The molecule has 4 rings (SSSR count). The van der Waals surface area contributed by atoms with E-state index in [2.05, 4.69) is 41.0 Å². The first-order valence-electron chi connectivity index (χ1n) is 12.4. The average molecular weight is 556 g/mol. The Labute approximate surface area is 231 Å². The van der Waals surface area contributed by atoms with Crippen molar-refractivity contribution < 1.29 is 14.0 Å². The number of hydrogen-bond donors (Lipinski definition) is 1. The summed E-state index contributed by atoms with van der Waals surface area (Å²) in [5.74, 6) is -0.228. The SMILES string of the molecule is CC1CN(c2cc(Cl)nc(SCC(=O)Nc3ccccc3F)n2)CCN1C(=O)c1ccc(C(C)(C)C)cc1. The summed E-state index contributed by atoms with van der Waals surface area (Å²) in [6.45, 7) is 10.2. The van der Waals surface area contributed by atoms with Crippen LogP contribution in [0.4, 0.5) is 15.9 Å². The molecule has 0 spiro atoms. The predicted molar refractivity (Wildman–Crippen MR) is 151 cm³/mol. The van der Waals surface area contributed by atoms with E-state index in [1.54, 1.807) is 18.2 Å². The zero-order valence-corrected chi connectivity index (χ0v) is 23.4. The van der Waals surface area contributed by atoms with Crippen molar-refractivity contribution in [3.05, 3.63) is 76.7 Å². The summed E-state index contributed by atoms with van der Waals surface area (Å²) in [7, 11) is 0. The minimum absolute atomic E-state index is 0.000796. The van der Waals surface area contributed by atoms with Gasteiger partial charge in [0.1, 0.15) is 16.8 Å². The fraction of sp³-hybridized carbons (Fsp3) is 0.357. The number of hydrogen-bond acceptors (Lipinski definition) is 6. The number of rotatable bonds is 6. The number of piperazine rings is 1. The number of carbonyl (C=O) groups is 2. The number of amides is 2. The van der Waals surface area contributed by atoms with Gasteiger partial charge >= 0.3 is 0 Å². The van der Waals surface area contributed by atoms with E-state index in [9.17, 15) is 14.0 Å². The minimum Gasteiger partial charge on any atom is -0.353 e. The van der Waals surface area contributed by atoms with Crippen LogP contribution in [0.2, 0.25) is 5.15 Å². The molecule has 1 N–H and O–H groups in total. The highest BCUT2D eigenvalue weighted by Gasteiger charge is 2.29. The topological polar surface area (TPSA) is 78.4 Å². The summed E-state index contributed by atoms with van der Waals surface area (Å²) in [5, 5.41) is 3.16.